The Labute approximate surface area is 104 Å². The monoisotopic (exact) mass is 240 g/mol. The van der Waals surface area contributed by atoms with Crippen LogP contribution in [0.15, 0.2) is 0 Å². The van der Waals surface area contributed by atoms with Gasteiger partial charge in [0.1, 0.15) is 0 Å². The first-order chi connectivity index (χ1) is 8.20. The Bertz CT molecular complexity index is 268. The van der Waals surface area contributed by atoms with Crippen molar-refractivity contribution in [2.75, 3.05) is 32.7 Å². The topological polar surface area (TPSA) is 43.8 Å². The van der Waals surface area contributed by atoms with E-state index in [1.165, 1.54) is 32.4 Å². The normalized spacial score (nSPS) is 31.8. The zero-order valence-electron chi connectivity index (χ0n) is 10.8. The second-order valence-electron chi connectivity index (χ2n) is 5.42. The zero-order valence-corrected chi connectivity index (χ0v) is 10.8. The average molecular weight is 240 g/mol. The van der Waals surface area contributed by atoms with E-state index in [9.17, 15) is 4.79 Å². The maximum absolute atomic E-state index is 11.0. The molecule has 2 aliphatic rings. The molecule has 0 saturated carbocycles. The minimum Gasteiger partial charge on any atom is -0.481 e. The lowest BCUT2D eigenvalue weighted by Gasteiger charge is -2.37. The van der Waals surface area contributed by atoms with Crippen molar-refractivity contribution < 1.29 is 9.90 Å². The Hall–Kier alpha value is -0.610. The van der Waals surface area contributed by atoms with Gasteiger partial charge in [0.2, 0.25) is 0 Å². The molecule has 2 rings (SSSR count). The van der Waals surface area contributed by atoms with Crippen LogP contribution in [0.5, 0.6) is 0 Å². The van der Waals surface area contributed by atoms with Crippen LogP contribution in [0.3, 0.4) is 0 Å². The van der Waals surface area contributed by atoms with Crippen LogP contribution in [0.4, 0.5) is 0 Å². The largest absolute Gasteiger partial charge is 0.481 e. The quantitative estimate of drug-likeness (QED) is 0.803. The van der Waals surface area contributed by atoms with Crippen LogP contribution >= 0.6 is 0 Å². The van der Waals surface area contributed by atoms with Crippen LogP contribution in [0.2, 0.25) is 0 Å². The van der Waals surface area contributed by atoms with Crippen molar-refractivity contribution >= 4 is 5.97 Å². The van der Waals surface area contributed by atoms with E-state index in [2.05, 4.69) is 16.7 Å². The fourth-order valence-corrected chi connectivity index (χ4v) is 3.17. The molecule has 0 aromatic heterocycles. The second-order valence-corrected chi connectivity index (χ2v) is 5.42. The molecule has 0 aliphatic carbocycles. The zero-order chi connectivity index (χ0) is 12.3. The third-order valence-electron chi connectivity index (χ3n) is 4.11. The van der Waals surface area contributed by atoms with Gasteiger partial charge in [-0.25, -0.2) is 0 Å². The van der Waals surface area contributed by atoms with Crippen molar-refractivity contribution in [1.29, 1.82) is 0 Å². The van der Waals surface area contributed by atoms with Crippen LogP contribution in [0, 0.1) is 5.92 Å². The van der Waals surface area contributed by atoms with E-state index in [1.807, 2.05) is 0 Å². The predicted molar refractivity (Wildman–Crippen MR) is 67.1 cm³/mol. The van der Waals surface area contributed by atoms with Gasteiger partial charge in [-0.15, -0.1) is 0 Å². The Kier molecular flexibility index (Phi) is 4.40. The van der Waals surface area contributed by atoms with E-state index in [1.54, 1.807) is 0 Å². The van der Waals surface area contributed by atoms with Crippen molar-refractivity contribution in [2.45, 2.75) is 38.6 Å². The number of hydrogen-bond donors (Lipinski definition) is 1. The third kappa shape index (κ3) is 3.19. The number of carboxylic acids is 1. The molecular weight excluding hydrogens is 216 g/mol. The van der Waals surface area contributed by atoms with Gasteiger partial charge in [-0.1, -0.05) is 6.92 Å². The molecule has 98 valence electrons. The lowest BCUT2D eigenvalue weighted by atomic mass is 10.0. The highest BCUT2D eigenvalue weighted by atomic mass is 16.4. The molecule has 0 spiro atoms. The van der Waals surface area contributed by atoms with E-state index < -0.39 is 5.97 Å². The van der Waals surface area contributed by atoms with Crippen LogP contribution in [0.1, 0.15) is 32.6 Å². The van der Waals surface area contributed by atoms with Gasteiger partial charge in [-0.3, -0.25) is 9.69 Å². The summed E-state index contributed by atoms with van der Waals surface area (Å²) in [5.74, 6) is -0.745. The molecule has 0 bridgehead atoms. The number of carbonyl (C=O) groups is 1. The smallest absolute Gasteiger partial charge is 0.307 e. The molecule has 4 nitrogen and oxygen atoms in total. The van der Waals surface area contributed by atoms with Gasteiger partial charge in [0, 0.05) is 19.1 Å². The summed E-state index contributed by atoms with van der Waals surface area (Å²) < 4.78 is 0. The lowest BCUT2D eigenvalue weighted by molar-refractivity contribution is -0.141. The fourth-order valence-electron chi connectivity index (χ4n) is 3.17. The summed E-state index contributed by atoms with van der Waals surface area (Å²) in [5.41, 5.74) is 0. The Morgan fingerprint density at radius 2 is 2.12 bits per heavy atom. The predicted octanol–water partition coefficient (Wildman–Crippen LogP) is 1.27. The van der Waals surface area contributed by atoms with Gasteiger partial charge in [-0.05, 0) is 45.3 Å². The van der Waals surface area contributed by atoms with Crippen molar-refractivity contribution in [3.05, 3.63) is 0 Å². The molecule has 2 saturated heterocycles. The minimum absolute atomic E-state index is 0.128. The second kappa shape index (κ2) is 5.83. The highest BCUT2D eigenvalue weighted by Crippen LogP contribution is 2.23. The third-order valence-corrected chi connectivity index (χ3v) is 4.11. The van der Waals surface area contributed by atoms with E-state index >= 15 is 0 Å². The number of nitrogens with zero attached hydrogens (tertiary/aromatic N) is 2. The molecule has 0 amide bonds. The van der Waals surface area contributed by atoms with E-state index in [-0.39, 0.29) is 5.92 Å². The summed E-state index contributed by atoms with van der Waals surface area (Å²) >= 11 is 0. The standard InChI is InChI=1S/C13H24N2O2/c1-2-6-14-7-3-4-12(10-14)15-8-5-11(9-15)13(16)17/h11-12H,2-10H2,1H3,(H,16,17). The summed E-state index contributed by atoms with van der Waals surface area (Å²) in [6.45, 7) is 7.51. The molecule has 0 radical (unpaired) electrons. The molecule has 2 aliphatic heterocycles. The highest BCUT2D eigenvalue weighted by Gasteiger charge is 2.33. The average Bonchev–Trinajstić information content (AvgIpc) is 2.79. The van der Waals surface area contributed by atoms with E-state index in [4.69, 9.17) is 5.11 Å². The van der Waals surface area contributed by atoms with Crippen LogP contribution < -0.4 is 0 Å². The van der Waals surface area contributed by atoms with Crippen molar-refractivity contribution in [2.24, 2.45) is 5.92 Å². The number of likely N-dealkylation sites (tertiary alicyclic amines) is 2. The van der Waals surface area contributed by atoms with Crippen molar-refractivity contribution in [1.82, 2.24) is 9.80 Å². The lowest BCUT2D eigenvalue weighted by Crippen LogP contribution is -2.47. The van der Waals surface area contributed by atoms with E-state index in [0.29, 0.717) is 6.04 Å². The molecule has 4 heteroatoms. The van der Waals surface area contributed by atoms with Gasteiger partial charge in [0.25, 0.3) is 0 Å². The summed E-state index contributed by atoms with van der Waals surface area (Å²) in [7, 11) is 0. The molecule has 0 aromatic carbocycles. The number of aliphatic carboxylic acids is 1. The summed E-state index contributed by atoms with van der Waals surface area (Å²) in [6.07, 6.45) is 4.55. The number of rotatable bonds is 4. The van der Waals surface area contributed by atoms with Gasteiger partial charge in [-0.2, -0.15) is 0 Å². The molecule has 17 heavy (non-hydrogen) atoms. The summed E-state index contributed by atoms with van der Waals surface area (Å²) in [5, 5.41) is 9.03. The molecular formula is C13H24N2O2. The Morgan fingerprint density at radius 1 is 1.29 bits per heavy atom. The van der Waals surface area contributed by atoms with Gasteiger partial charge >= 0.3 is 5.97 Å². The number of carboxylic acid groups (broad SMARTS) is 1. The number of piperidine rings is 1. The molecule has 1 N–H and O–H groups in total. The summed E-state index contributed by atoms with van der Waals surface area (Å²) in [6, 6.07) is 0.597. The Balaban J connectivity index is 1.84. The first-order valence-electron chi connectivity index (χ1n) is 6.90. The van der Waals surface area contributed by atoms with Crippen LogP contribution in [0.25, 0.3) is 0 Å². The van der Waals surface area contributed by atoms with Crippen molar-refractivity contribution in [3.63, 3.8) is 0 Å². The minimum atomic E-state index is -0.617. The Morgan fingerprint density at radius 3 is 2.76 bits per heavy atom. The highest BCUT2D eigenvalue weighted by molar-refractivity contribution is 5.70. The first-order valence-corrected chi connectivity index (χ1v) is 6.90. The maximum Gasteiger partial charge on any atom is 0.307 e. The van der Waals surface area contributed by atoms with Crippen molar-refractivity contribution in [3.8, 4) is 0 Å². The molecule has 2 heterocycles. The molecule has 0 aromatic rings. The van der Waals surface area contributed by atoms with Crippen LogP contribution in [-0.2, 0) is 4.79 Å². The van der Waals surface area contributed by atoms with Gasteiger partial charge in [0.15, 0.2) is 0 Å². The molecule has 2 fully saturated rings. The SMILES string of the molecule is CCCN1CCCC(N2CCC(C(=O)O)C2)C1. The summed E-state index contributed by atoms with van der Waals surface area (Å²) in [4.78, 5) is 15.9. The first kappa shape index (κ1) is 12.8. The van der Waals surface area contributed by atoms with Crippen LogP contribution in [-0.4, -0.2) is 59.6 Å². The molecule has 2 atom stereocenters. The van der Waals surface area contributed by atoms with Gasteiger partial charge in [0.05, 0.1) is 5.92 Å². The van der Waals surface area contributed by atoms with E-state index in [0.717, 1.165) is 26.1 Å². The number of hydrogen-bond acceptors (Lipinski definition) is 3. The maximum atomic E-state index is 11.0. The molecule has 2 unspecified atom stereocenters. The fraction of sp³-hybridized carbons (Fsp3) is 0.923. The van der Waals surface area contributed by atoms with Gasteiger partial charge < -0.3 is 10.0 Å².